The number of halogens is 3. The number of allylic oxidation sites excluding steroid dienone is 1. The van der Waals surface area contributed by atoms with E-state index in [0.717, 1.165) is 0 Å². The number of hydrogen-bond acceptors (Lipinski definition) is 2. The predicted octanol–water partition coefficient (Wildman–Crippen LogP) is 1.69. The van der Waals surface area contributed by atoms with E-state index in [-0.39, 0.29) is 12.1 Å². The lowest BCUT2D eigenvalue weighted by atomic mass is 10.1. The second kappa shape index (κ2) is 3.62. The average Bonchev–Trinajstić information content (AvgIpc) is 1.96. The van der Waals surface area contributed by atoms with Crippen LogP contribution in [-0.2, 0) is 4.74 Å². The maximum atomic E-state index is 12.7. The van der Waals surface area contributed by atoms with Crippen LogP contribution in [0.15, 0.2) is 23.7 Å². The van der Waals surface area contributed by atoms with Gasteiger partial charge in [-0.25, -0.2) is 4.39 Å². The molecule has 0 saturated carbocycles. The number of rotatable bonds is 2. The zero-order valence-electron chi connectivity index (χ0n) is 6.14. The fourth-order valence-electron chi connectivity index (χ4n) is 0.890. The molecule has 0 fully saturated rings. The highest BCUT2D eigenvalue weighted by Crippen LogP contribution is 2.20. The van der Waals surface area contributed by atoms with Gasteiger partial charge in [0, 0.05) is 6.42 Å². The van der Waals surface area contributed by atoms with Crippen LogP contribution in [0.5, 0.6) is 0 Å². The van der Waals surface area contributed by atoms with Crippen molar-refractivity contribution in [1.29, 1.82) is 0 Å². The van der Waals surface area contributed by atoms with Gasteiger partial charge < -0.3 is 10.5 Å². The molecule has 0 aliphatic heterocycles. The van der Waals surface area contributed by atoms with Crippen LogP contribution < -0.4 is 5.73 Å². The Morgan fingerprint density at radius 2 is 2.25 bits per heavy atom. The maximum absolute atomic E-state index is 12.7. The third kappa shape index (κ3) is 2.27. The smallest absolute Gasteiger partial charge is 0.345 e. The predicted molar refractivity (Wildman–Crippen MR) is 37.0 cm³/mol. The first-order valence-corrected chi connectivity index (χ1v) is 3.35. The van der Waals surface area contributed by atoms with Gasteiger partial charge in [-0.3, -0.25) is 0 Å². The normalized spacial score (nSPS) is 23.8. The van der Waals surface area contributed by atoms with E-state index in [0.29, 0.717) is 0 Å². The summed E-state index contributed by atoms with van der Waals surface area (Å²) in [6.45, 7) is -2.88. The van der Waals surface area contributed by atoms with Crippen LogP contribution >= 0.6 is 0 Å². The molecule has 0 aromatic rings. The Balaban J connectivity index is 2.51. The molecule has 5 heteroatoms. The summed E-state index contributed by atoms with van der Waals surface area (Å²) in [6.07, 6.45) is 1.42. The zero-order valence-corrected chi connectivity index (χ0v) is 6.14. The molecule has 2 nitrogen and oxygen atoms in total. The first-order valence-electron chi connectivity index (χ1n) is 3.35. The molecule has 1 aliphatic carbocycles. The molecule has 0 heterocycles. The van der Waals surface area contributed by atoms with E-state index < -0.39 is 18.5 Å². The molecule has 1 unspecified atom stereocenters. The van der Waals surface area contributed by atoms with Gasteiger partial charge >= 0.3 is 6.61 Å². The molecule has 1 aliphatic rings. The number of hydrogen-bond donors (Lipinski definition) is 1. The fourth-order valence-corrected chi connectivity index (χ4v) is 0.890. The lowest BCUT2D eigenvalue weighted by Crippen LogP contribution is -2.18. The Hall–Kier alpha value is -0.970. The van der Waals surface area contributed by atoms with Gasteiger partial charge in [-0.05, 0) is 6.08 Å². The van der Waals surface area contributed by atoms with Gasteiger partial charge in [-0.1, -0.05) is 6.08 Å². The second-order valence-electron chi connectivity index (χ2n) is 2.36. The summed E-state index contributed by atoms with van der Waals surface area (Å²) >= 11 is 0. The molecule has 0 spiro atoms. The van der Waals surface area contributed by atoms with Crippen molar-refractivity contribution in [3.05, 3.63) is 23.7 Å². The van der Waals surface area contributed by atoms with Crippen LogP contribution in [0.4, 0.5) is 13.2 Å². The molecule has 0 radical (unpaired) electrons. The van der Waals surface area contributed by atoms with E-state index in [2.05, 4.69) is 4.74 Å². The number of alkyl halides is 2. The Morgan fingerprint density at radius 1 is 1.58 bits per heavy atom. The molecular formula is C7H8F3NO. The van der Waals surface area contributed by atoms with Crippen LogP contribution in [0.2, 0.25) is 0 Å². The first kappa shape index (κ1) is 9.12. The standard InChI is InChI=1S/C7H8F3NO/c8-5-3-4(12-7(9)10)1-2-6(5)11/h1-2,4,7H,3,11H2. The largest absolute Gasteiger partial charge is 0.397 e. The molecule has 0 amide bonds. The van der Waals surface area contributed by atoms with Gasteiger partial charge in [0.15, 0.2) is 0 Å². The summed E-state index contributed by atoms with van der Waals surface area (Å²) in [5, 5.41) is 0. The summed E-state index contributed by atoms with van der Waals surface area (Å²) in [7, 11) is 0. The van der Waals surface area contributed by atoms with Crippen molar-refractivity contribution in [2.24, 2.45) is 5.73 Å². The summed E-state index contributed by atoms with van der Waals surface area (Å²) in [5.74, 6) is -0.608. The molecule has 0 saturated heterocycles. The highest BCUT2D eigenvalue weighted by molar-refractivity contribution is 5.25. The first-order chi connectivity index (χ1) is 5.59. The van der Waals surface area contributed by atoms with E-state index in [1.54, 1.807) is 0 Å². The van der Waals surface area contributed by atoms with E-state index in [1.165, 1.54) is 12.2 Å². The fraction of sp³-hybridized carbons (Fsp3) is 0.429. The van der Waals surface area contributed by atoms with Crippen molar-refractivity contribution in [3.63, 3.8) is 0 Å². The molecule has 68 valence electrons. The molecule has 0 bridgehead atoms. The molecule has 0 aromatic carbocycles. The Kier molecular flexibility index (Phi) is 2.75. The van der Waals surface area contributed by atoms with E-state index >= 15 is 0 Å². The van der Waals surface area contributed by atoms with Crippen LogP contribution in [0.1, 0.15) is 6.42 Å². The summed E-state index contributed by atoms with van der Waals surface area (Å²) < 4.78 is 40.0. The molecule has 0 aromatic heterocycles. The van der Waals surface area contributed by atoms with Gasteiger partial charge in [-0.15, -0.1) is 0 Å². The van der Waals surface area contributed by atoms with E-state index in [1.807, 2.05) is 0 Å². The third-order valence-corrected chi connectivity index (χ3v) is 1.46. The Labute approximate surface area is 67.5 Å². The summed E-state index contributed by atoms with van der Waals surface area (Å²) in [6, 6.07) is 0. The van der Waals surface area contributed by atoms with Crippen LogP contribution in [0.25, 0.3) is 0 Å². The second-order valence-corrected chi connectivity index (χ2v) is 2.36. The Bertz CT molecular complexity index is 225. The number of ether oxygens (including phenoxy) is 1. The third-order valence-electron chi connectivity index (χ3n) is 1.46. The number of nitrogens with two attached hydrogens (primary N) is 1. The van der Waals surface area contributed by atoms with Gasteiger partial charge in [0.1, 0.15) is 5.83 Å². The van der Waals surface area contributed by atoms with Gasteiger partial charge in [0.25, 0.3) is 0 Å². The molecule has 12 heavy (non-hydrogen) atoms. The van der Waals surface area contributed by atoms with Crippen LogP contribution in [-0.4, -0.2) is 12.7 Å². The lowest BCUT2D eigenvalue weighted by molar-refractivity contribution is -0.150. The molecular weight excluding hydrogens is 171 g/mol. The van der Waals surface area contributed by atoms with Crippen molar-refractivity contribution in [3.8, 4) is 0 Å². The quantitative estimate of drug-likeness (QED) is 0.700. The molecule has 1 rings (SSSR count). The topological polar surface area (TPSA) is 35.2 Å². The molecule has 2 N–H and O–H groups in total. The zero-order chi connectivity index (χ0) is 9.14. The van der Waals surface area contributed by atoms with Crippen LogP contribution in [0, 0.1) is 0 Å². The molecule has 1 atom stereocenters. The highest BCUT2D eigenvalue weighted by atomic mass is 19.3. The van der Waals surface area contributed by atoms with Crippen molar-refractivity contribution in [2.75, 3.05) is 0 Å². The van der Waals surface area contributed by atoms with Crippen molar-refractivity contribution in [1.82, 2.24) is 0 Å². The lowest BCUT2D eigenvalue weighted by Gasteiger charge is -2.16. The van der Waals surface area contributed by atoms with E-state index in [9.17, 15) is 13.2 Å². The van der Waals surface area contributed by atoms with E-state index in [4.69, 9.17) is 5.73 Å². The minimum Gasteiger partial charge on any atom is -0.397 e. The van der Waals surface area contributed by atoms with Crippen molar-refractivity contribution in [2.45, 2.75) is 19.1 Å². The van der Waals surface area contributed by atoms with Gasteiger partial charge in [0.05, 0.1) is 11.8 Å². The Morgan fingerprint density at radius 3 is 2.75 bits per heavy atom. The highest BCUT2D eigenvalue weighted by Gasteiger charge is 2.18. The van der Waals surface area contributed by atoms with Crippen LogP contribution in [0.3, 0.4) is 0 Å². The minimum absolute atomic E-state index is 0.0240. The maximum Gasteiger partial charge on any atom is 0.345 e. The average molecular weight is 179 g/mol. The van der Waals surface area contributed by atoms with Crippen molar-refractivity contribution < 1.29 is 17.9 Å². The van der Waals surface area contributed by atoms with Crippen molar-refractivity contribution >= 4 is 0 Å². The minimum atomic E-state index is -2.88. The SMILES string of the molecule is NC1=C(F)CC(OC(F)F)C=C1. The summed E-state index contributed by atoms with van der Waals surface area (Å²) in [5.41, 5.74) is 5.12. The summed E-state index contributed by atoms with van der Waals surface area (Å²) in [4.78, 5) is 0. The van der Waals surface area contributed by atoms with Gasteiger partial charge in [0.2, 0.25) is 0 Å². The van der Waals surface area contributed by atoms with Gasteiger partial charge in [-0.2, -0.15) is 8.78 Å². The monoisotopic (exact) mass is 179 g/mol.